The van der Waals surface area contributed by atoms with Crippen LogP contribution in [0.3, 0.4) is 0 Å². The molecule has 0 fully saturated rings. The Balaban J connectivity index is 1.87. The summed E-state index contributed by atoms with van der Waals surface area (Å²) in [6.07, 6.45) is 7.09. The van der Waals surface area contributed by atoms with E-state index in [9.17, 15) is 0 Å². The lowest BCUT2D eigenvalue weighted by Crippen LogP contribution is -2.04. The largest absolute Gasteiger partial charge is 0.285 e. The van der Waals surface area contributed by atoms with Gasteiger partial charge in [-0.1, -0.05) is 20.8 Å². The predicted molar refractivity (Wildman–Crippen MR) is 75.8 cm³/mol. The molecule has 0 saturated carbocycles. The molecule has 0 radical (unpaired) electrons. The van der Waals surface area contributed by atoms with E-state index in [-0.39, 0.29) is 0 Å². The maximum absolute atomic E-state index is 4.71. The average molecular weight is 263 g/mol. The van der Waals surface area contributed by atoms with Crippen molar-refractivity contribution in [1.82, 2.24) is 15.2 Å². The molecule has 2 rings (SSSR count). The van der Waals surface area contributed by atoms with E-state index in [2.05, 4.69) is 36.3 Å². The predicted octanol–water partition coefficient (Wildman–Crippen LogP) is 3.49. The molecule has 2 aromatic heterocycles. The molecule has 3 nitrogen and oxygen atoms in total. The monoisotopic (exact) mass is 263 g/mol. The summed E-state index contributed by atoms with van der Waals surface area (Å²) in [4.78, 5) is 4.71. The molecular formula is C14H21N3S. The van der Waals surface area contributed by atoms with Gasteiger partial charge in [-0.15, -0.1) is 11.3 Å². The molecule has 0 aromatic carbocycles. The van der Waals surface area contributed by atoms with Crippen LogP contribution in [0.25, 0.3) is 0 Å². The first-order valence-electron chi connectivity index (χ1n) is 6.54. The minimum absolute atomic E-state index is 0.608. The maximum atomic E-state index is 4.71. The van der Waals surface area contributed by atoms with Gasteiger partial charge < -0.3 is 0 Å². The van der Waals surface area contributed by atoms with Gasteiger partial charge in [0, 0.05) is 18.0 Å². The molecule has 1 atom stereocenters. The summed E-state index contributed by atoms with van der Waals surface area (Å²) in [5.74, 6) is 1.30. The summed E-state index contributed by atoms with van der Waals surface area (Å²) < 4.78 is 0. The third kappa shape index (κ3) is 3.95. The Morgan fingerprint density at radius 3 is 2.72 bits per heavy atom. The van der Waals surface area contributed by atoms with Gasteiger partial charge in [-0.3, -0.25) is 5.10 Å². The number of aromatic nitrogens is 3. The van der Waals surface area contributed by atoms with Crippen molar-refractivity contribution in [3.8, 4) is 0 Å². The van der Waals surface area contributed by atoms with Gasteiger partial charge in [0.15, 0.2) is 0 Å². The second-order valence-electron chi connectivity index (χ2n) is 5.45. The molecule has 1 N–H and O–H groups in total. The molecule has 0 aliphatic carbocycles. The molecule has 0 aliphatic rings. The van der Waals surface area contributed by atoms with Gasteiger partial charge in [-0.25, -0.2) is 4.98 Å². The van der Waals surface area contributed by atoms with E-state index in [0.717, 1.165) is 19.3 Å². The fourth-order valence-corrected chi connectivity index (χ4v) is 3.13. The van der Waals surface area contributed by atoms with Crippen LogP contribution in [0, 0.1) is 11.8 Å². The van der Waals surface area contributed by atoms with Gasteiger partial charge in [0.05, 0.1) is 16.9 Å². The molecule has 0 amide bonds. The van der Waals surface area contributed by atoms with Gasteiger partial charge in [-0.05, 0) is 30.2 Å². The second kappa shape index (κ2) is 6.14. The van der Waals surface area contributed by atoms with Crippen LogP contribution >= 0.6 is 11.3 Å². The summed E-state index contributed by atoms with van der Waals surface area (Å²) >= 11 is 1.80. The fourth-order valence-electron chi connectivity index (χ4n) is 2.11. The summed E-state index contributed by atoms with van der Waals surface area (Å²) in [5, 5.41) is 10.3. The number of nitrogens with zero attached hydrogens (tertiary/aromatic N) is 2. The molecule has 4 heteroatoms. The van der Waals surface area contributed by atoms with Crippen molar-refractivity contribution in [2.45, 2.75) is 40.0 Å². The molecular weight excluding hydrogens is 242 g/mol. The van der Waals surface area contributed by atoms with Crippen LogP contribution in [-0.4, -0.2) is 15.2 Å². The van der Waals surface area contributed by atoms with Crippen LogP contribution in [-0.2, 0) is 19.3 Å². The smallest absolute Gasteiger partial charge is 0.0930 e. The van der Waals surface area contributed by atoms with Crippen molar-refractivity contribution in [1.29, 1.82) is 0 Å². The number of hydrogen-bond donors (Lipinski definition) is 1. The highest BCUT2D eigenvalue weighted by Gasteiger charge is 2.09. The van der Waals surface area contributed by atoms with E-state index in [1.807, 2.05) is 12.4 Å². The Morgan fingerprint density at radius 1 is 1.22 bits per heavy atom. The lowest BCUT2D eigenvalue weighted by atomic mass is 9.99. The molecule has 0 saturated heterocycles. The summed E-state index contributed by atoms with van der Waals surface area (Å²) in [6.45, 7) is 6.75. The summed E-state index contributed by atoms with van der Waals surface area (Å²) in [6, 6.07) is 0. The second-order valence-corrected chi connectivity index (χ2v) is 6.39. The third-order valence-corrected chi connectivity index (χ3v) is 3.80. The first kappa shape index (κ1) is 13.3. The van der Waals surface area contributed by atoms with E-state index >= 15 is 0 Å². The number of rotatable bonds is 6. The zero-order valence-corrected chi connectivity index (χ0v) is 12.1. The lowest BCUT2D eigenvalue weighted by Gasteiger charge is -2.07. The van der Waals surface area contributed by atoms with Gasteiger partial charge in [-0.2, -0.15) is 5.10 Å². The van der Waals surface area contributed by atoms with E-state index < -0.39 is 0 Å². The van der Waals surface area contributed by atoms with Crippen LogP contribution in [0.4, 0.5) is 0 Å². The van der Waals surface area contributed by atoms with Crippen molar-refractivity contribution in [3.63, 3.8) is 0 Å². The SMILES string of the molecule is CC(C)Cc1nc(CC(C)Cc2cn[nH]c2)cs1. The topological polar surface area (TPSA) is 41.6 Å². The fraction of sp³-hybridized carbons (Fsp3) is 0.571. The normalized spacial score (nSPS) is 13.1. The van der Waals surface area contributed by atoms with Crippen molar-refractivity contribution in [2.24, 2.45) is 11.8 Å². The Kier molecular flexibility index (Phi) is 4.53. The first-order valence-corrected chi connectivity index (χ1v) is 7.42. The van der Waals surface area contributed by atoms with Crippen molar-refractivity contribution >= 4 is 11.3 Å². The quantitative estimate of drug-likeness (QED) is 0.867. The van der Waals surface area contributed by atoms with Crippen LogP contribution in [0.2, 0.25) is 0 Å². The van der Waals surface area contributed by atoms with Crippen LogP contribution in [0.1, 0.15) is 37.0 Å². The number of thiazole rings is 1. The van der Waals surface area contributed by atoms with Gasteiger partial charge >= 0.3 is 0 Å². The Bertz CT molecular complexity index is 459. The van der Waals surface area contributed by atoms with Crippen LogP contribution in [0.5, 0.6) is 0 Å². The average Bonchev–Trinajstić information content (AvgIpc) is 2.89. The number of nitrogens with one attached hydrogen (secondary N) is 1. The van der Waals surface area contributed by atoms with Crippen molar-refractivity contribution in [2.75, 3.05) is 0 Å². The van der Waals surface area contributed by atoms with Gasteiger partial charge in [0.1, 0.15) is 0 Å². The molecule has 1 unspecified atom stereocenters. The zero-order chi connectivity index (χ0) is 13.0. The van der Waals surface area contributed by atoms with Crippen molar-refractivity contribution < 1.29 is 0 Å². The zero-order valence-electron chi connectivity index (χ0n) is 11.3. The van der Waals surface area contributed by atoms with E-state index in [0.29, 0.717) is 11.8 Å². The maximum Gasteiger partial charge on any atom is 0.0930 e. The van der Waals surface area contributed by atoms with Crippen LogP contribution < -0.4 is 0 Å². The lowest BCUT2D eigenvalue weighted by molar-refractivity contribution is 0.568. The minimum Gasteiger partial charge on any atom is -0.285 e. The Labute approximate surface area is 113 Å². The number of hydrogen-bond acceptors (Lipinski definition) is 3. The van der Waals surface area contributed by atoms with E-state index in [1.54, 1.807) is 11.3 Å². The number of H-pyrrole nitrogens is 1. The standard InChI is InChI=1S/C14H21N3S/c1-10(2)4-14-17-13(9-18-14)6-11(3)5-12-7-15-16-8-12/h7-11H,4-6H2,1-3H3,(H,15,16). The first-order chi connectivity index (χ1) is 8.63. The van der Waals surface area contributed by atoms with E-state index in [1.165, 1.54) is 16.3 Å². The minimum atomic E-state index is 0.608. The highest BCUT2D eigenvalue weighted by molar-refractivity contribution is 7.09. The highest BCUT2D eigenvalue weighted by Crippen LogP contribution is 2.18. The highest BCUT2D eigenvalue weighted by atomic mass is 32.1. The summed E-state index contributed by atoms with van der Waals surface area (Å²) in [7, 11) is 0. The molecule has 0 bridgehead atoms. The number of aromatic amines is 1. The van der Waals surface area contributed by atoms with E-state index in [4.69, 9.17) is 4.98 Å². The Morgan fingerprint density at radius 2 is 2.06 bits per heavy atom. The summed E-state index contributed by atoms with van der Waals surface area (Å²) in [5.41, 5.74) is 2.52. The Hall–Kier alpha value is -1.16. The molecule has 2 heterocycles. The molecule has 0 aliphatic heterocycles. The molecule has 2 aromatic rings. The molecule has 98 valence electrons. The molecule has 18 heavy (non-hydrogen) atoms. The van der Waals surface area contributed by atoms with Gasteiger partial charge in [0.2, 0.25) is 0 Å². The van der Waals surface area contributed by atoms with Crippen molar-refractivity contribution in [3.05, 3.63) is 34.0 Å². The van der Waals surface area contributed by atoms with Crippen LogP contribution in [0.15, 0.2) is 17.8 Å². The third-order valence-electron chi connectivity index (χ3n) is 2.88. The van der Waals surface area contributed by atoms with Gasteiger partial charge in [0.25, 0.3) is 0 Å². The molecule has 0 spiro atoms.